The summed E-state index contributed by atoms with van der Waals surface area (Å²) in [7, 11) is 0. The Hall–Kier alpha value is -2.69. The van der Waals surface area contributed by atoms with Crippen LogP contribution in [0.25, 0.3) is 0 Å². The van der Waals surface area contributed by atoms with Gasteiger partial charge in [-0.15, -0.1) is 0 Å². The van der Waals surface area contributed by atoms with Crippen molar-refractivity contribution in [2.75, 3.05) is 19.8 Å². The van der Waals surface area contributed by atoms with Gasteiger partial charge < -0.3 is 14.6 Å². The standard InChI is InChI=1S/C53H90O4/c1-3-5-7-9-11-13-15-17-19-21-23-24-25-26-27-28-29-31-33-35-37-39-41-43-45-47-49-56-51-52(50-54)57-53(55)48-46-44-42-40-38-36-34-32-30-22-20-18-16-14-12-10-8-6-4-2/h5-8,11-14,17-20,23-24,30,32,52,54H,3-4,9-10,15-16,21-22,25-29,31,33-51H2,1-2H3/b7-5-,8-6-,13-11-,14-12-,19-17-,20-18-,24-23-,32-30-. The highest BCUT2D eigenvalue weighted by atomic mass is 16.6. The van der Waals surface area contributed by atoms with E-state index in [9.17, 15) is 9.90 Å². The Morgan fingerprint density at radius 3 is 1.11 bits per heavy atom. The fraction of sp³-hybridized carbons (Fsp3) is 0.679. The first-order chi connectivity index (χ1) is 28.2. The first-order valence-corrected chi connectivity index (χ1v) is 23.8. The fourth-order valence-electron chi connectivity index (χ4n) is 6.43. The van der Waals surface area contributed by atoms with E-state index in [0.717, 1.165) is 83.5 Å². The van der Waals surface area contributed by atoms with E-state index in [1.165, 1.54) is 103 Å². The zero-order valence-electron chi connectivity index (χ0n) is 37.3. The minimum atomic E-state index is -0.549. The predicted molar refractivity (Wildman–Crippen MR) is 251 cm³/mol. The number of esters is 1. The lowest BCUT2D eigenvalue weighted by Crippen LogP contribution is -2.27. The van der Waals surface area contributed by atoms with Crippen LogP contribution >= 0.6 is 0 Å². The Balaban J connectivity index is 3.46. The fourth-order valence-corrected chi connectivity index (χ4v) is 6.43. The van der Waals surface area contributed by atoms with Crippen LogP contribution in [0, 0.1) is 0 Å². The second-order valence-electron chi connectivity index (χ2n) is 15.4. The average Bonchev–Trinajstić information content (AvgIpc) is 3.22. The number of hydrogen-bond donors (Lipinski definition) is 1. The number of carbonyl (C=O) groups excluding carboxylic acids is 1. The number of rotatable bonds is 43. The predicted octanol–water partition coefficient (Wildman–Crippen LogP) is 16.1. The third-order valence-electron chi connectivity index (χ3n) is 9.90. The minimum absolute atomic E-state index is 0.183. The Kier molecular flexibility index (Phi) is 47.1. The van der Waals surface area contributed by atoms with Gasteiger partial charge >= 0.3 is 5.97 Å². The highest BCUT2D eigenvalue weighted by Gasteiger charge is 2.13. The van der Waals surface area contributed by atoms with Gasteiger partial charge in [-0.25, -0.2) is 0 Å². The van der Waals surface area contributed by atoms with Crippen molar-refractivity contribution in [3.63, 3.8) is 0 Å². The molecule has 0 aliphatic rings. The molecule has 0 aromatic carbocycles. The van der Waals surface area contributed by atoms with E-state index in [2.05, 4.69) is 111 Å². The molecule has 0 aromatic rings. The molecule has 0 aromatic heterocycles. The molecule has 0 amide bonds. The third kappa shape index (κ3) is 47.6. The average molecular weight is 791 g/mol. The smallest absolute Gasteiger partial charge is 0.306 e. The Morgan fingerprint density at radius 1 is 0.421 bits per heavy atom. The molecule has 0 saturated heterocycles. The number of aliphatic hydroxyl groups excluding tert-OH is 1. The van der Waals surface area contributed by atoms with Crippen molar-refractivity contribution in [1.82, 2.24) is 0 Å². The molecule has 4 nitrogen and oxygen atoms in total. The maximum Gasteiger partial charge on any atom is 0.306 e. The van der Waals surface area contributed by atoms with E-state index >= 15 is 0 Å². The lowest BCUT2D eigenvalue weighted by Gasteiger charge is -2.16. The monoisotopic (exact) mass is 791 g/mol. The van der Waals surface area contributed by atoms with Crippen molar-refractivity contribution in [3.8, 4) is 0 Å². The highest BCUT2D eigenvalue weighted by Crippen LogP contribution is 2.14. The molecular weight excluding hydrogens is 701 g/mol. The van der Waals surface area contributed by atoms with Gasteiger partial charge in [0.2, 0.25) is 0 Å². The zero-order valence-corrected chi connectivity index (χ0v) is 37.3. The third-order valence-corrected chi connectivity index (χ3v) is 9.90. The molecule has 0 saturated carbocycles. The molecule has 0 bridgehead atoms. The Bertz CT molecular complexity index is 1060. The number of allylic oxidation sites excluding steroid dienone is 16. The van der Waals surface area contributed by atoms with Crippen LogP contribution in [0.3, 0.4) is 0 Å². The second-order valence-corrected chi connectivity index (χ2v) is 15.4. The van der Waals surface area contributed by atoms with E-state index in [1.54, 1.807) is 0 Å². The van der Waals surface area contributed by atoms with Crippen LogP contribution in [0.5, 0.6) is 0 Å². The van der Waals surface area contributed by atoms with Crippen molar-refractivity contribution < 1.29 is 19.4 Å². The van der Waals surface area contributed by atoms with E-state index < -0.39 is 6.10 Å². The summed E-state index contributed by atoms with van der Waals surface area (Å²) in [5.41, 5.74) is 0. The van der Waals surface area contributed by atoms with Gasteiger partial charge in [0.05, 0.1) is 13.2 Å². The molecule has 1 N–H and O–H groups in total. The lowest BCUT2D eigenvalue weighted by molar-refractivity contribution is -0.154. The van der Waals surface area contributed by atoms with Gasteiger partial charge in [0.15, 0.2) is 0 Å². The van der Waals surface area contributed by atoms with E-state index in [0.29, 0.717) is 13.0 Å². The van der Waals surface area contributed by atoms with Crippen molar-refractivity contribution in [2.45, 2.75) is 213 Å². The van der Waals surface area contributed by atoms with Gasteiger partial charge in [-0.1, -0.05) is 207 Å². The summed E-state index contributed by atoms with van der Waals surface area (Å²) < 4.78 is 11.2. The molecule has 326 valence electrons. The number of unbranched alkanes of at least 4 members (excludes halogenated alkanes) is 19. The molecule has 0 aliphatic carbocycles. The Labute approximate surface area is 353 Å². The van der Waals surface area contributed by atoms with E-state index in [4.69, 9.17) is 9.47 Å². The molecule has 57 heavy (non-hydrogen) atoms. The quantitative estimate of drug-likeness (QED) is 0.0380. The maximum absolute atomic E-state index is 12.2. The SMILES string of the molecule is CC/C=C\C/C=C\C/C=C\C/C=C\CCCCCCCCCCCCCCCOCC(CO)OC(=O)CCCCCCCC/C=C\C/C=C\C/C=C\C/C=C\CC. The van der Waals surface area contributed by atoms with Gasteiger partial charge in [-0.3, -0.25) is 4.79 Å². The van der Waals surface area contributed by atoms with Gasteiger partial charge in [0.1, 0.15) is 6.10 Å². The van der Waals surface area contributed by atoms with E-state index in [-0.39, 0.29) is 19.2 Å². The normalized spacial score (nSPS) is 13.2. The van der Waals surface area contributed by atoms with Crippen LogP contribution < -0.4 is 0 Å². The molecule has 0 radical (unpaired) electrons. The van der Waals surface area contributed by atoms with Crippen LogP contribution in [0.2, 0.25) is 0 Å². The van der Waals surface area contributed by atoms with Gasteiger partial charge in [0, 0.05) is 13.0 Å². The zero-order chi connectivity index (χ0) is 41.2. The largest absolute Gasteiger partial charge is 0.457 e. The van der Waals surface area contributed by atoms with Crippen LogP contribution in [0.1, 0.15) is 206 Å². The molecule has 0 spiro atoms. The van der Waals surface area contributed by atoms with E-state index in [1.807, 2.05) is 0 Å². The summed E-state index contributed by atoms with van der Waals surface area (Å²) >= 11 is 0. The van der Waals surface area contributed by atoms with Crippen molar-refractivity contribution in [1.29, 1.82) is 0 Å². The maximum atomic E-state index is 12.2. The molecular formula is C53H90O4. The summed E-state index contributed by atoms with van der Waals surface area (Å²) in [6.07, 6.45) is 70.6. The lowest BCUT2D eigenvalue weighted by atomic mass is 10.0. The van der Waals surface area contributed by atoms with Crippen LogP contribution in [0.15, 0.2) is 97.2 Å². The van der Waals surface area contributed by atoms with Crippen molar-refractivity contribution in [3.05, 3.63) is 97.2 Å². The molecule has 0 fully saturated rings. The summed E-state index contributed by atoms with van der Waals surface area (Å²) in [6.45, 7) is 5.10. The van der Waals surface area contributed by atoms with Crippen LogP contribution in [0.4, 0.5) is 0 Å². The summed E-state index contributed by atoms with van der Waals surface area (Å²) in [4.78, 5) is 12.2. The first kappa shape index (κ1) is 54.3. The number of ether oxygens (including phenoxy) is 2. The minimum Gasteiger partial charge on any atom is -0.457 e. The van der Waals surface area contributed by atoms with Crippen LogP contribution in [-0.4, -0.2) is 37.0 Å². The molecule has 0 rings (SSSR count). The van der Waals surface area contributed by atoms with Gasteiger partial charge in [-0.05, 0) is 89.9 Å². The molecule has 0 aliphatic heterocycles. The first-order valence-electron chi connectivity index (χ1n) is 23.8. The topological polar surface area (TPSA) is 55.8 Å². The van der Waals surface area contributed by atoms with Crippen molar-refractivity contribution in [2.24, 2.45) is 0 Å². The number of hydrogen-bond acceptors (Lipinski definition) is 4. The number of carbonyl (C=O) groups is 1. The van der Waals surface area contributed by atoms with Gasteiger partial charge in [-0.2, -0.15) is 0 Å². The second kappa shape index (κ2) is 49.5. The summed E-state index contributed by atoms with van der Waals surface area (Å²) in [5, 5.41) is 9.63. The van der Waals surface area contributed by atoms with Gasteiger partial charge in [0.25, 0.3) is 0 Å². The van der Waals surface area contributed by atoms with Crippen LogP contribution in [-0.2, 0) is 14.3 Å². The number of aliphatic hydroxyl groups is 1. The molecule has 1 unspecified atom stereocenters. The summed E-state index contributed by atoms with van der Waals surface area (Å²) in [5.74, 6) is -0.217. The molecule has 0 heterocycles. The van der Waals surface area contributed by atoms with Crippen molar-refractivity contribution >= 4 is 5.97 Å². The Morgan fingerprint density at radius 2 is 0.737 bits per heavy atom. The molecule has 1 atom stereocenters. The molecule has 4 heteroatoms. The summed E-state index contributed by atoms with van der Waals surface area (Å²) in [6, 6.07) is 0. The highest BCUT2D eigenvalue weighted by molar-refractivity contribution is 5.69.